The van der Waals surface area contributed by atoms with E-state index in [1.807, 2.05) is 50.2 Å². The molecule has 9 heteroatoms. The van der Waals surface area contributed by atoms with Gasteiger partial charge in [-0.05, 0) is 19.1 Å². The molecule has 1 atom stereocenters. The molecule has 0 saturated carbocycles. The Morgan fingerprint density at radius 3 is 2.80 bits per heavy atom. The number of benzene rings is 1. The van der Waals surface area contributed by atoms with Crippen LogP contribution in [0.4, 0.5) is 17.5 Å². The molecular formula is C21H28N6O3. The van der Waals surface area contributed by atoms with Crippen LogP contribution in [-0.4, -0.2) is 62.6 Å². The zero-order valence-electron chi connectivity index (χ0n) is 17.8. The minimum Gasteiger partial charge on any atom is -0.497 e. The number of carbonyl (C=O) groups excluding carboxylic acids is 2. The summed E-state index contributed by atoms with van der Waals surface area (Å²) in [6.07, 6.45) is 0.198. The third-order valence-corrected chi connectivity index (χ3v) is 4.87. The Labute approximate surface area is 176 Å². The summed E-state index contributed by atoms with van der Waals surface area (Å²) in [5, 5.41) is 6.02. The van der Waals surface area contributed by atoms with Crippen molar-refractivity contribution in [3.63, 3.8) is 0 Å². The van der Waals surface area contributed by atoms with Crippen LogP contribution in [0.3, 0.4) is 0 Å². The van der Waals surface area contributed by atoms with Gasteiger partial charge in [-0.25, -0.2) is 4.98 Å². The number of nitrogens with zero attached hydrogens (tertiary/aromatic N) is 4. The second-order valence-corrected chi connectivity index (χ2v) is 7.41. The normalized spacial score (nSPS) is 15.8. The summed E-state index contributed by atoms with van der Waals surface area (Å²) in [6.45, 7) is 3.17. The Bertz CT molecular complexity index is 917. The highest BCUT2D eigenvalue weighted by atomic mass is 16.5. The van der Waals surface area contributed by atoms with E-state index in [4.69, 9.17) is 4.74 Å². The lowest BCUT2D eigenvalue weighted by molar-refractivity contribution is -0.126. The van der Waals surface area contributed by atoms with E-state index in [9.17, 15) is 9.59 Å². The maximum absolute atomic E-state index is 12.5. The number of carbonyl (C=O) groups is 2. The Morgan fingerprint density at radius 1 is 1.27 bits per heavy atom. The molecule has 3 rings (SSSR count). The van der Waals surface area contributed by atoms with Crippen molar-refractivity contribution in [2.24, 2.45) is 5.92 Å². The highest BCUT2D eigenvalue weighted by molar-refractivity contribution is 6.00. The van der Waals surface area contributed by atoms with E-state index in [0.717, 1.165) is 17.2 Å². The van der Waals surface area contributed by atoms with Gasteiger partial charge >= 0.3 is 0 Å². The summed E-state index contributed by atoms with van der Waals surface area (Å²) in [5.74, 6) is 1.44. The van der Waals surface area contributed by atoms with Gasteiger partial charge < -0.3 is 25.2 Å². The van der Waals surface area contributed by atoms with Gasteiger partial charge in [0, 0.05) is 63.7 Å². The first-order valence-electron chi connectivity index (χ1n) is 9.86. The topological polar surface area (TPSA) is 99.7 Å². The lowest BCUT2D eigenvalue weighted by Crippen LogP contribution is -2.35. The molecule has 1 aliphatic rings. The van der Waals surface area contributed by atoms with E-state index in [1.165, 1.54) is 0 Å². The minimum atomic E-state index is -0.376. The Morgan fingerprint density at radius 2 is 2.07 bits per heavy atom. The number of methoxy groups -OCH3 is 1. The van der Waals surface area contributed by atoms with Crippen molar-refractivity contribution in [3.05, 3.63) is 36.0 Å². The van der Waals surface area contributed by atoms with Gasteiger partial charge in [-0.1, -0.05) is 6.07 Å². The van der Waals surface area contributed by atoms with E-state index in [-0.39, 0.29) is 24.2 Å². The third-order valence-electron chi connectivity index (χ3n) is 4.87. The van der Waals surface area contributed by atoms with Crippen LogP contribution in [0.2, 0.25) is 0 Å². The lowest BCUT2D eigenvalue weighted by atomic mass is 10.1. The first-order chi connectivity index (χ1) is 14.4. The number of hydrogen-bond donors (Lipinski definition) is 2. The molecule has 1 aromatic heterocycles. The van der Waals surface area contributed by atoms with Crippen LogP contribution in [0.1, 0.15) is 12.1 Å². The number of aromatic nitrogens is 2. The molecule has 1 saturated heterocycles. The van der Waals surface area contributed by atoms with Crippen molar-refractivity contribution < 1.29 is 14.3 Å². The highest BCUT2D eigenvalue weighted by Gasteiger charge is 2.35. The van der Waals surface area contributed by atoms with Crippen LogP contribution in [0.25, 0.3) is 0 Å². The van der Waals surface area contributed by atoms with Crippen molar-refractivity contribution in [1.29, 1.82) is 0 Å². The lowest BCUT2D eigenvalue weighted by Gasteiger charge is -2.17. The fourth-order valence-electron chi connectivity index (χ4n) is 3.28. The predicted molar refractivity (Wildman–Crippen MR) is 116 cm³/mol. The van der Waals surface area contributed by atoms with Crippen LogP contribution in [0.5, 0.6) is 5.75 Å². The summed E-state index contributed by atoms with van der Waals surface area (Å²) in [5.41, 5.74) is 1.60. The smallest absolute Gasteiger partial charge is 0.227 e. The van der Waals surface area contributed by atoms with Crippen molar-refractivity contribution in [2.75, 3.05) is 56.0 Å². The zero-order valence-corrected chi connectivity index (χ0v) is 17.8. The Balaban J connectivity index is 1.49. The van der Waals surface area contributed by atoms with Gasteiger partial charge in [-0.3, -0.25) is 9.59 Å². The molecule has 0 radical (unpaired) electrons. The molecule has 30 heavy (non-hydrogen) atoms. The number of anilines is 3. The van der Waals surface area contributed by atoms with Crippen LogP contribution in [0.15, 0.2) is 30.3 Å². The molecular weight excluding hydrogens is 384 g/mol. The monoisotopic (exact) mass is 412 g/mol. The second kappa shape index (κ2) is 9.43. The Kier molecular flexibility index (Phi) is 6.71. The summed E-state index contributed by atoms with van der Waals surface area (Å²) in [4.78, 5) is 37.2. The molecule has 2 heterocycles. The van der Waals surface area contributed by atoms with Gasteiger partial charge in [-0.2, -0.15) is 4.98 Å². The van der Waals surface area contributed by atoms with E-state index >= 15 is 0 Å². The van der Waals surface area contributed by atoms with E-state index < -0.39 is 0 Å². The molecule has 1 aliphatic heterocycles. The molecule has 0 aliphatic carbocycles. The molecule has 1 fully saturated rings. The SMILES string of the molecule is COc1cccc(N2CC(C(=O)NCCNc3nc(C)cc(N(C)C)n3)CC2=O)c1. The summed E-state index contributed by atoms with van der Waals surface area (Å²) in [7, 11) is 5.42. The van der Waals surface area contributed by atoms with Gasteiger partial charge in [0.1, 0.15) is 11.6 Å². The first kappa shape index (κ1) is 21.4. The zero-order chi connectivity index (χ0) is 21.7. The summed E-state index contributed by atoms with van der Waals surface area (Å²) < 4.78 is 5.22. The van der Waals surface area contributed by atoms with Crippen molar-refractivity contribution in [2.45, 2.75) is 13.3 Å². The van der Waals surface area contributed by atoms with Crippen molar-refractivity contribution in [1.82, 2.24) is 15.3 Å². The second-order valence-electron chi connectivity index (χ2n) is 7.41. The largest absolute Gasteiger partial charge is 0.497 e. The number of ether oxygens (including phenoxy) is 1. The molecule has 2 aromatic rings. The molecule has 1 aromatic carbocycles. The van der Waals surface area contributed by atoms with E-state index in [2.05, 4.69) is 20.6 Å². The van der Waals surface area contributed by atoms with Crippen LogP contribution in [-0.2, 0) is 9.59 Å². The molecule has 9 nitrogen and oxygen atoms in total. The molecule has 2 amide bonds. The van der Waals surface area contributed by atoms with Crippen LogP contribution in [0, 0.1) is 12.8 Å². The summed E-state index contributed by atoms with van der Waals surface area (Å²) >= 11 is 0. The number of hydrogen-bond acceptors (Lipinski definition) is 7. The van der Waals surface area contributed by atoms with Crippen LogP contribution >= 0.6 is 0 Å². The number of nitrogens with one attached hydrogen (secondary N) is 2. The number of amides is 2. The van der Waals surface area contributed by atoms with Gasteiger partial charge in [0.05, 0.1) is 13.0 Å². The molecule has 0 bridgehead atoms. The summed E-state index contributed by atoms with van der Waals surface area (Å²) in [6, 6.07) is 9.19. The first-order valence-corrected chi connectivity index (χ1v) is 9.86. The Hall–Kier alpha value is -3.36. The molecule has 160 valence electrons. The minimum absolute atomic E-state index is 0.0640. The van der Waals surface area contributed by atoms with Crippen LogP contribution < -0.4 is 25.2 Å². The van der Waals surface area contributed by atoms with E-state index in [1.54, 1.807) is 18.1 Å². The van der Waals surface area contributed by atoms with Gasteiger partial charge in [0.25, 0.3) is 0 Å². The molecule has 0 spiro atoms. The predicted octanol–water partition coefficient (Wildman–Crippen LogP) is 1.44. The van der Waals surface area contributed by atoms with Crippen molar-refractivity contribution in [3.8, 4) is 5.75 Å². The standard InChI is InChI=1S/C21H28N6O3/c1-14-10-18(26(2)3)25-21(24-14)23-9-8-22-20(29)15-11-19(28)27(13-15)16-6-5-7-17(12-16)30-4/h5-7,10,12,15H,8-9,11,13H2,1-4H3,(H,22,29)(H,23,24,25). The van der Waals surface area contributed by atoms with E-state index in [0.29, 0.717) is 31.3 Å². The third kappa shape index (κ3) is 5.16. The molecule has 2 N–H and O–H groups in total. The van der Waals surface area contributed by atoms with Gasteiger partial charge in [0.15, 0.2) is 0 Å². The van der Waals surface area contributed by atoms with Gasteiger partial charge in [-0.15, -0.1) is 0 Å². The van der Waals surface area contributed by atoms with Crippen molar-refractivity contribution >= 4 is 29.3 Å². The fourth-order valence-corrected chi connectivity index (χ4v) is 3.28. The highest BCUT2D eigenvalue weighted by Crippen LogP contribution is 2.27. The van der Waals surface area contributed by atoms with Gasteiger partial charge in [0.2, 0.25) is 17.8 Å². The fraction of sp³-hybridized carbons (Fsp3) is 0.429. The maximum atomic E-state index is 12.5. The average Bonchev–Trinajstić information content (AvgIpc) is 3.12. The molecule has 1 unspecified atom stereocenters. The number of rotatable bonds is 8. The maximum Gasteiger partial charge on any atom is 0.227 e. The average molecular weight is 412 g/mol. The number of aryl methyl sites for hydroxylation is 1. The quantitative estimate of drug-likeness (QED) is 0.633.